The zero-order chi connectivity index (χ0) is 29.9. The molecule has 1 aliphatic rings. The Kier molecular flexibility index (Phi) is 10.9. The molecule has 0 saturated carbocycles. The van der Waals surface area contributed by atoms with E-state index in [4.69, 9.17) is 0 Å². The van der Waals surface area contributed by atoms with Crippen molar-refractivity contribution in [3.63, 3.8) is 0 Å². The van der Waals surface area contributed by atoms with Crippen LogP contribution >= 0.6 is 0 Å². The molecule has 0 aromatic heterocycles. The lowest BCUT2D eigenvalue weighted by molar-refractivity contribution is 0.0656. The van der Waals surface area contributed by atoms with Gasteiger partial charge in [-0.1, -0.05) is 109 Å². The van der Waals surface area contributed by atoms with Crippen LogP contribution in [0.2, 0.25) is 0 Å². The second-order valence-electron chi connectivity index (χ2n) is 10.5. The second-order valence-corrected chi connectivity index (χ2v) is 10.5. The van der Waals surface area contributed by atoms with Gasteiger partial charge in [0, 0.05) is 19.1 Å². The number of amides is 2. The number of terminal acetylenes is 1. The van der Waals surface area contributed by atoms with Gasteiger partial charge in [0.05, 0.1) is 25.4 Å². The van der Waals surface area contributed by atoms with Gasteiger partial charge >= 0.3 is 6.03 Å². The first-order valence-corrected chi connectivity index (χ1v) is 14.1. The maximum Gasteiger partial charge on any atom is 0.321 e. The van der Waals surface area contributed by atoms with Gasteiger partial charge in [-0.2, -0.15) is 0 Å². The summed E-state index contributed by atoms with van der Waals surface area (Å²) in [5.41, 5.74) is 5.51. The van der Waals surface area contributed by atoms with Crippen LogP contribution in [0.4, 0.5) is 4.79 Å². The summed E-state index contributed by atoms with van der Waals surface area (Å²) >= 11 is 0. The highest BCUT2D eigenvalue weighted by Gasteiger charge is 2.41. The van der Waals surface area contributed by atoms with Crippen molar-refractivity contribution < 1.29 is 20.1 Å². The van der Waals surface area contributed by atoms with Crippen molar-refractivity contribution in [3.8, 4) is 12.8 Å². The molecule has 3 atom stereocenters. The van der Waals surface area contributed by atoms with Gasteiger partial charge < -0.3 is 25.1 Å². The van der Waals surface area contributed by atoms with Crippen LogP contribution in [-0.2, 0) is 32.7 Å². The number of benzene rings is 4. The molecular weight excluding hydrogens is 524 g/mol. The van der Waals surface area contributed by atoms with E-state index in [2.05, 4.69) is 25.0 Å². The molecule has 2 unspecified atom stereocenters. The number of rotatable bonds is 9. The molecule has 5 rings (SSSR count). The molecule has 0 radical (unpaired) electrons. The summed E-state index contributed by atoms with van der Waals surface area (Å²) in [5, 5.41) is 30.8. The van der Waals surface area contributed by atoms with Crippen LogP contribution in [0, 0.1) is 12.8 Å². The molecule has 1 heterocycles. The lowest BCUT2D eigenvalue weighted by atomic mass is 9.93. The third-order valence-electron chi connectivity index (χ3n) is 7.72. The normalized spacial score (nSPS) is 18.6. The Morgan fingerprint density at radius 1 is 0.619 bits per heavy atom. The summed E-state index contributed by atoms with van der Waals surface area (Å²) in [5.74, 6) is 0. The van der Waals surface area contributed by atoms with E-state index in [1.54, 1.807) is 4.90 Å². The largest absolute Gasteiger partial charge is 0.392 e. The smallest absolute Gasteiger partial charge is 0.321 e. The fourth-order valence-corrected chi connectivity index (χ4v) is 5.57. The Morgan fingerprint density at radius 2 is 1.07 bits per heavy atom. The minimum atomic E-state index is -0.779. The number of carbonyl (C=O) groups excluding carboxylic acids is 1. The molecule has 3 N–H and O–H groups in total. The number of nitrogens with zero attached hydrogens (tertiary/aromatic N) is 2. The second kappa shape index (κ2) is 15.0. The summed E-state index contributed by atoms with van der Waals surface area (Å²) in [6.45, 7) is 0.626. The van der Waals surface area contributed by atoms with Crippen LogP contribution in [0.1, 0.15) is 45.8 Å². The average Bonchev–Trinajstić information content (AvgIpc) is 3.13. The number of urea groups is 1. The minimum absolute atomic E-state index is 0.0344. The molecule has 6 nitrogen and oxygen atoms in total. The van der Waals surface area contributed by atoms with Gasteiger partial charge in [0.2, 0.25) is 0 Å². The zero-order valence-electron chi connectivity index (χ0n) is 23.7. The van der Waals surface area contributed by atoms with E-state index >= 15 is 0 Å². The average molecular weight is 563 g/mol. The highest BCUT2D eigenvalue weighted by Crippen LogP contribution is 2.35. The van der Waals surface area contributed by atoms with Crippen LogP contribution < -0.4 is 0 Å². The van der Waals surface area contributed by atoms with E-state index < -0.39 is 12.1 Å². The van der Waals surface area contributed by atoms with Gasteiger partial charge in [-0.3, -0.25) is 0 Å². The third kappa shape index (κ3) is 7.45. The molecule has 4 aromatic carbocycles. The molecule has 0 spiro atoms. The maximum atomic E-state index is 14.6. The summed E-state index contributed by atoms with van der Waals surface area (Å²) in [6.07, 6.45) is 8.27. The molecule has 216 valence electrons. The van der Waals surface area contributed by atoms with E-state index in [9.17, 15) is 20.1 Å². The van der Waals surface area contributed by atoms with E-state index in [0.717, 1.165) is 33.4 Å². The molecular formula is C36H38N2O4. The molecule has 1 saturated heterocycles. The fraction of sp³-hybridized carbons (Fsp3) is 0.250. The summed E-state index contributed by atoms with van der Waals surface area (Å²) in [7, 11) is 0. The third-order valence-corrected chi connectivity index (χ3v) is 7.72. The first kappa shape index (κ1) is 30.5. The van der Waals surface area contributed by atoms with E-state index in [0.29, 0.717) is 25.9 Å². The first-order chi connectivity index (χ1) is 20.6. The SMILES string of the molecule is C#C.O=C1N(Cc2ccc(CO)cc2)C(c2ccccc2)C(O)C[C@@H](Cc2ccccc2)N1Cc1ccc(CO)cc1. The molecule has 1 fully saturated rings. The molecule has 4 aromatic rings. The Labute approximate surface area is 248 Å². The highest BCUT2D eigenvalue weighted by atomic mass is 16.3. The monoisotopic (exact) mass is 562 g/mol. The van der Waals surface area contributed by atoms with Crippen LogP contribution in [0.25, 0.3) is 0 Å². The number of aliphatic hydroxyl groups excluding tert-OH is 3. The van der Waals surface area contributed by atoms with Crippen molar-refractivity contribution in [1.82, 2.24) is 9.80 Å². The molecule has 0 bridgehead atoms. The Hall–Kier alpha value is -4.41. The van der Waals surface area contributed by atoms with Crippen molar-refractivity contribution in [2.24, 2.45) is 0 Å². The lowest BCUT2D eigenvalue weighted by Crippen LogP contribution is -2.46. The Morgan fingerprint density at radius 3 is 1.57 bits per heavy atom. The number of aliphatic hydroxyl groups is 3. The molecule has 2 amide bonds. The number of hydrogen-bond acceptors (Lipinski definition) is 4. The first-order valence-electron chi connectivity index (χ1n) is 14.1. The van der Waals surface area contributed by atoms with Crippen molar-refractivity contribution in [3.05, 3.63) is 143 Å². The fourth-order valence-electron chi connectivity index (χ4n) is 5.57. The van der Waals surface area contributed by atoms with E-state index in [1.165, 1.54) is 0 Å². The van der Waals surface area contributed by atoms with Gasteiger partial charge in [0.1, 0.15) is 0 Å². The van der Waals surface area contributed by atoms with Crippen LogP contribution in [0.3, 0.4) is 0 Å². The van der Waals surface area contributed by atoms with Crippen molar-refractivity contribution in [1.29, 1.82) is 0 Å². The number of carbonyl (C=O) groups is 1. The molecule has 42 heavy (non-hydrogen) atoms. The van der Waals surface area contributed by atoms with E-state index in [1.807, 2.05) is 102 Å². The predicted molar refractivity (Wildman–Crippen MR) is 165 cm³/mol. The Bertz CT molecular complexity index is 1410. The van der Waals surface area contributed by atoms with Crippen LogP contribution in [-0.4, -0.2) is 43.3 Å². The van der Waals surface area contributed by atoms with Crippen molar-refractivity contribution in [2.45, 2.75) is 57.3 Å². The summed E-state index contributed by atoms with van der Waals surface area (Å²) in [4.78, 5) is 18.3. The van der Waals surface area contributed by atoms with Gasteiger partial charge in [-0.05, 0) is 46.2 Å². The van der Waals surface area contributed by atoms with Crippen molar-refractivity contribution in [2.75, 3.05) is 0 Å². The van der Waals surface area contributed by atoms with Crippen LogP contribution in [0.5, 0.6) is 0 Å². The molecule has 0 aliphatic carbocycles. The summed E-state index contributed by atoms with van der Waals surface area (Å²) in [6, 6.07) is 34.2. The van der Waals surface area contributed by atoms with Gasteiger partial charge in [0.25, 0.3) is 0 Å². The highest BCUT2D eigenvalue weighted by molar-refractivity contribution is 5.76. The quantitative estimate of drug-likeness (QED) is 0.237. The standard InChI is InChI=1S/C34H36N2O4.C2H2/c37-23-28-15-11-26(12-16-28)21-35-31(19-25-7-3-1-4-8-25)20-32(39)33(30-9-5-2-6-10-30)36(34(35)40)22-27-13-17-29(24-38)18-14-27;1-2/h1-18,31-33,37-39H,19-24H2;1-2H/t31-,32?,33?;/m1./s1. The zero-order valence-corrected chi connectivity index (χ0v) is 23.7. The van der Waals surface area contributed by atoms with Crippen molar-refractivity contribution >= 4 is 6.03 Å². The maximum absolute atomic E-state index is 14.6. The summed E-state index contributed by atoms with van der Waals surface area (Å²) < 4.78 is 0. The minimum Gasteiger partial charge on any atom is -0.392 e. The molecule has 6 heteroatoms. The van der Waals surface area contributed by atoms with Crippen LogP contribution in [0.15, 0.2) is 109 Å². The number of hydrogen-bond donors (Lipinski definition) is 3. The van der Waals surface area contributed by atoms with Gasteiger partial charge in [0.15, 0.2) is 0 Å². The van der Waals surface area contributed by atoms with E-state index in [-0.39, 0.29) is 25.3 Å². The van der Waals surface area contributed by atoms with Gasteiger partial charge in [-0.25, -0.2) is 4.79 Å². The lowest BCUT2D eigenvalue weighted by Gasteiger charge is -2.36. The topological polar surface area (TPSA) is 84.2 Å². The Balaban J connectivity index is 0.00000198. The molecule has 1 aliphatic heterocycles. The predicted octanol–water partition coefficient (Wildman–Crippen LogP) is 5.46. The van der Waals surface area contributed by atoms with Gasteiger partial charge in [-0.15, -0.1) is 12.8 Å².